The van der Waals surface area contributed by atoms with Crippen molar-refractivity contribution in [2.75, 3.05) is 0 Å². The van der Waals surface area contributed by atoms with E-state index in [1.54, 1.807) is 6.07 Å². The van der Waals surface area contributed by atoms with E-state index in [9.17, 15) is 0 Å². The summed E-state index contributed by atoms with van der Waals surface area (Å²) in [5, 5.41) is 17.9. The van der Waals surface area contributed by atoms with Crippen LogP contribution >= 0.6 is 27.5 Å². The molecule has 0 unspecified atom stereocenters. The Morgan fingerprint density at radius 1 is 1.41 bits per heavy atom. The Kier molecular flexibility index (Phi) is 3.81. The molecule has 6 heteroatoms. The van der Waals surface area contributed by atoms with E-state index in [2.05, 4.69) is 26.1 Å². The number of rotatable bonds is 3. The fourth-order valence-electron chi connectivity index (χ4n) is 1.65. The Hall–Kier alpha value is -0.910. The van der Waals surface area contributed by atoms with Gasteiger partial charge in [0.05, 0.1) is 0 Å². The summed E-state index contributed by atoms with van der Waals surface area (Å²) in [6.07, 6.45) is 0. The molecule has 0 spiro atoms. The number of aliphatic hydroxyl groups excluding tert-OH is 1. The predicted molar refractivity (Wildman–Crippen MR) is 69.8 cm³/mol. The molecule has 0 fully saturated rings. The van der Waals surface area contributed by atoms with Crippen molar-refractivity contribution in [3.63, 3.8) is 0 Å². The minimum absolute atomic E-state index is 0.119. The number of halogens is 2. The Morgan fingerprint density at radius 3 is 2.76 bits per heavy atom. The van der Waals surface area contributed by atoms with Crippen molar-refractivity contribution in [3.8, 4) is 11.4 Å². The van der Waals surface area contributed by atoms with Gasteiger partial charge >= 0.3 is 0 Å². The lowest BCUT2D eigenvalue weighted by Gasteiger charge is -2.07. The second kappa shape index (κ2) is 5.16. The van der Waals surface area contributed by atoms with Crippen LogP contribution in [0.4, 0.5) is 0 Å². The molecule has 0 aliphatic rings. The van der Waals surface area contributed by atoms with Crippen molar-refractivity contribution in [1.29, 1.82) is 0 Å². The first-order valence-corrected chi connectivity index (χ1v) is 6.32. The summed E-state index contributed by atoms with van der Waals surface area (Å²) in [7, 11) is 0. The van der Waals surface area contributed by atoms with E-state index >= 15 is 0 Å². The topological polar surface area (TPSA) is 50.9 Å². The lowest BCUT2D eigenvalue weighted by molar-refractivity contribution is 0.265. The zero-order valence-corrected chi connectivity index (χ0v) is 11.5. The standard InChI is InChI=1S/C11H11BrClN3O/c1-2-16-10(6-17)14-15-11(16)8-4-3-7(13)5-9(8)12/h3-5,17H,2,6H2,1H3. The monoisotopic (exact) mass is 315 g/mol. The third kappa shape index (κ3) is 2.36. The average molecular weight is 317 g/mol. The molecule has 0 amide bonds. The van der Waals surface area contributed by atoms with Crippen LogP contribution in [0.15, 0.2) is 22.7 Å². The molecular weight excluding hydrogens is 305 g/mol. The molecule has 0 saturated heterocycles. The quantitative estimate of drug-likeness (QED) is 0.947. The van der Waals surface area contributed by atoms with Crippen LogP contribution in [0.3, 0.4) is 0 Å². The van der Waals surface area contributed by atoms with Gasteiger partial charge in [-0.05, 0) is 41.1 Å². The lowest BCUT2D eigenvalue weighted by Crippen LogP contribution is -2.03. The van der Waals surface area contributed by atoms with Gasteiger partial charge in [0.1, 0.15) is 6.61 Å². The molecule has 0 radical (unpaired) electrons. The smallest absolute Gasteiger partial charge is 0.165 e. The van der Waals surface area contributed by atoms with Crippen LogP contribution in [0.5, 0.6) is 0 Å². The number of nitrogens with zero attached hydrogens (tertiary/aromatic N) is 3. The van der Waals surface area contributed by atoms with Crippen molar-refractivity contribution in [2.45, 2.75) is 20.1 Å². The maximum Gasteiger partial charge on any atom is 0.165 e. The number of hydrogen-bond acceptors (Lipinski definition) is 3. The van der Waals surface area contributed by atoms with Gasteiger partial charge in [0.2, 0.25) is 0 Å². The van der Waals surface area contributed by atoms with Gasteiger partial charge in [-0.1, -0.05) is 11.6 Å². The molecule has 0 saturated carbocycles. The van der Waals surface area contributed by atoms with E-state index in [-0.39, 0.29) is 6.61 Å². The predicted octanol–water partition coefficient (Wildman–Crippen LogP) is 2.87. The molecule has 0 aliphatic heterocycles. The van der Waals surface area contributed by atoms with Gasteiger partial charge in [0.25, 0.3) is 0 Å². The summed E-state index contributed by atoms with van der Waals surface area (Å²) in [6, 6.07) is 5.49. The first-order valence-electron chi connectivity index (χ1n) is 5.15. The first-order chi connectivity index (χ1) is 8.17. The molecule has 90 valence electrons. The highest BCUT2D eigenvalue weighted by Gasteiger charge is 2.14. The number of hydrogen-bond donors (Lipinski definition) is 1. The van der Waals surface area contributed by atoms with Gasteiger partial charge < -0.3 is 9.67 Å². The number of benzene rings is 1. The molecule has 0 aliphatic carbocycles. The van der Waals surface area contributed by atoms with Crippen LogP contribution in [0.1, 0.15) is 12.7 Å². The fraction of sp³-hybridized carbons (Fsp3) is 0.273. The Bertz CT molecular complexity index is 542. The van der Waals surface area contributed by atoms with E-state index in [1.807, 2.05) is 23.6 Å². The second-order valence-corrected chi connectivity index (χ2v) is 4.76. The largest absolute Gasteiger partial charge is 0.388 e. The molecule has 1 aromatic carbocycles. The molecule has 17 heavy (non-hydrogen) atoms. The summed E-state index contributed by atoms with van der Waals surface area (Å²) in [4.78, 5) is 0. The Morgan fingerprint density at radius 2 is 2.18 bits per heavy atom. The third-order valence-corrected chi connectivity index (χ3v) is 3.35. The third-order valence-electron chi connectivity index (χ3n) is 2.46. The van der Waals surface area contributed by atoms with Crippen molar-refractivity contribution >= 4 is 27.5 Å². The van der Waals surface area contributed by atoms with Gasteiger partial charge in [0, 0.05) is 21.6 Å². The average Bonchev–Trinajstić information content (AvgIpc) is 2.71. The van der Waals surface area contributed by atoms with Crippen LogP contribution < -0.4 is 0 Å². The lowest BCUT2D eigenvalue weighted by atomic mass is 10.2. The van der Waals surface area contributed by atoms with Gasteiger partial charge in [0.15, 0.2) is 11.6 Å². The molecular formula is C11H11BrClN3O. The number of aliphatic hydroxyl groups is 1. The van der Waals surface area contributed by atoms with Crippen molar-refractivity contribution < 1.29 is 5.11 Å². The van der Waals surface area contributed by atoms with Crippen LogP contribution in [0.2, 0.25) is 5.02 Å². The second-order valence-electron chi connectivity index (χ2n) is 3.47. The highest BCUT2D eigenvalue weighted by molar-refractivity contribution is 9.10. The summed E-state index contributed by atoms with van der Waals surface area (Å²) >= 11 is 9.35. The zero-order valence-electron chi connectivity index (χ0n) is 9.19. The molecule has 1 heterocycles. The molecule has 0 bridgehead atoms. The summed E-state index contributed by atoms with van der Waals surface area (Å²) in [5.74, 6) is 1.28. The number of aromatic nitrogens is 3. The summed E-state index contributed by atoms with van der Waals surface area (Å²) in [6.45, 7) is 2.56. The van der Waals surface area contributed by atoms with Gasteiger partial charge in [-0.3, -0.25) is 0 Å². The molecule has 1 aromatic heterocycles. The van der Waals surface area contributed by atoms with Gasteiger partial charge in [-0.25, -0.2) is 0 Å². The first kappa shape index (κ1) is 12.5. The Balaban J connectivity index is 2.56. The summed E-state index contributed by atoms with van der Waals surface area (Å²) in [5.41, 5.74) is 0.906. The van der Waals surface area contributed by atoms with E-state index < -0.39 is 0 Å². The highest BCUT2D eigenvalue weighted by atomic mass is 79.9. The maximum atomic E-state index is 9.17. The van der Waals surface area contributed by atoms with E-state index in [0.29, 0.717) is 17.4 Å². The van der Waals surface area contributed by atoms with E-state index in [1.165, 1.54) is 0 Å². The van der Waals surface area contributed by atoms with Crippen LogP contribution in [0.25, 0.3) is 11.4 Å². The van der Waals surface area contributed by atoms with E-state index in [0.717, 1.165) is 15.9 Å². The molecule has 1 N–H and O–H groups in total. The normalized spacial score (nSPS) is 10.8. The van der Waals surface area contributed by atoms with Gasteiger partial charge in [-0.2, -0.15) is 0 Å². The van der Waals surface area contributed by atoms with Crippen LogP contribution in [0, 0.1) is 0 Å². The summed E-state index contributed by atoms with van der Waals surface area (Å²) < 4.78 is 2.73. The SMILES string of the molecule is CCn1c(CO)nnc1-c1ccc(Cl)cc1Br. The minimum atomic E-state index is -0.119. The van der Waals surface area contributed by atoms with Gasteiger partial charge in [-0.15, -0.1) is 10.2 Å². The van der Waals surface area contributed by atoms with Crippen molar-refractivity contribution in [2.24, 2.45) is 0 Å². The van der Waals surface area contributed by atoms with Crippen molar-refractivity contribution in [3.05, 3.63) is 33.5 Å². The fourth-order valence-corrected chi connectivity index (χ4v) is 2.51. The molecule has 2 rings (SSSR count). The zero-order chi connectivity index (χ0) is 12.4. The van der Waals surface area contributed by atoms with Crippen LogP contribution in [-0.4, -0.2) is 19.9 Å². The molecule has 4 nitrogen and oxygen atoms in total. The molecule has 0 atom stereocenters. The maximum absolute atomic E-state index is 9.17. The van der Waals surface area contributed by atoms with E-state index in [4.69, 9.17) is 16.7 Å². The van der Waals surface area contributed by atoms with Crippen molar-refractivity contribution in [1.82, 2.24) is 14.8 Å². The Labute approximate surface area is 112 Å². The minimum Gasteiger partial charge on any atom is -0.388 e. The van der Waals surface area contributed by atoms with Crippen LogP contribution in [-0.2, 0) is 13.2 Å². The highest BCUT2D eigenvalue weighted by Crippen LogP contribution is 2.29. The molecule has 2 aromatic rings.